The van der Waals surface area contributed by atoms with Crippen LogP contribution in [-0.2, 0) is 0 Å². The van der Waals surface area contributed by atoms with Crippen LogP contribution in [0.5, 0.6) is 0 Å². The van der Waals surface area contributed by atoms with Crippen LogP contribution in [-0.4, -0.2) is 0 Å². The molecule has 126 valence electrons. The zero-order valence-electron chi connectivity index (χ0n) is 15.0. The molecule has 1 unspecified atom stereocenters. The van der Waals surface area contributed by atoms with E-state index in [0.717, 1.165) is 18.8 Å². The van der Waals surface area contributed by atoms with Gasteiger partial charge in [0.25, 0.3) is 0 Å². The normalized spacial score (nSPS) is 12.7. The molecule has 0 aliphatic rings. The van der Waals surface area contributed by atoms with Crippen molar-refractivity contribution in [2.45, 2.75) is 116 Å². The zero-order chi connectivity index (χ0) is 15.6. The summed E-state index contributed by atoms with van der Waals surface area (Å²) in [7, 11) is 0. The third-order valence-corrected chi connectivity index (χ3v) is 4.80. The average molecular weight is 295 g/mol. The molecule has 0 aromatic carbocycles. The van der Waals surface area contributed by atoms with Crippen molar-refractivity contribution >= 4 is 0 Å². The van der Waals surface area contributed by atoms with Crippen LogP contribution in [0.2, 0.25) is 0 Å². The van der Waals surface area contributed by atoms with Crippen LogP contribution in [0.25, 0.3) is 0 Å². The Morgan fingerprint density at radius 2 is 0.857 bits per heavy atom. The second-order valence-electron chi connectivity index (χ2n) is 6.80. The number of hydrogen-bond donors (Lipinski definition) is 0. The second-order valence-corrected chi connectivity index (χ2v) is 6.80. The monoisotopic (exact) mass is 294 g/mol. The van der Waals surface area contributed by atoms with Gasteiger partial charge in [-0.05, 0) is 5.92 Å². The Morgan fingerprint density at radius 1 is 0.524 bits per heavy atom. The first kappa shape index (κ1) is 21.0. The molecule has 21 heavy (non-hydrogen) atoms. The Hall–Kier alpha value is 0. The minimum Gasteiger partial charge on any atom is -0.0651 e. The van der Waals surface area contributed by atoms with Gasteiger partial charge >= 0.3 is 0 Å². The van der Waals surface area contributed by atoms with Gasteiger partial charge in [0, 0.05) is 0 Å². The second kappa shape index (κ2) is 18.1. The van der Waals surface area contributed by atoms with Crippen LogP contribution in [0.15, 0.2) is 0 Å². The molecule has 0 aliphatic heterocycles. The van der Waals surface area contributed by atoms with Gasteiger partial charge in [0.2, 0.25) is 0 Å². The van der Waals surface area contributed by atoms with Crippen molar-refractivity contribution in [2.75, 3.05) is 0 Å². The molecule has 0 heteroatoms. The molecule has 0 fully saturated rings. The number of rotatable bonds is 17. The van der Waals surface area contributed by atoms with Crippen molar-refractivity contribution < 1.29 is 0 Å². The highest BCUT2D eigenvalue weighted by atomic mass is 14.1. The molecule has 0 nitrogen and oxygen atoms in total. The van der Waals surface area contributed by atoms with Crippen molar-refractivity contribution in [3.63, 3.8) is 0 Å². The molecular formula is C21H42. The van der Waals surface area contributed by atoms with Gasteiger partial charge in [0.05, 0.1) is 0 Å². The fourth-order valence-electron chi connectivity index (χ4n) is 3.19. The third kappa shape index (κ3) is 16.2. The first-order valence-corrected chi connectivity index (χ1v) is 9.93. The predicted octanol–water partition coefficient (Wildman–Crippen LogP) is 7.92. The van der Waals surface area contributed by atoms with Crippen LogP contribution in [0.3, 0.4) is 0 Å². The summed E-state index contributed by atoms with van der Waals surface area (Å²) >= 11 is 0. The molecule has 0 saturated carbocycles. The van der Waals surface area contributed by atoms with E-state index >= 15 is 0 Å². The van der Waals surface area contributed by atoms with Crippen LogP contribution in [0.1, 0.15) is 116 Å². The summed E-state index contributed by atoms with van der Waals surface area (Å²) in [5.41, 5.74) is 0. The summed E-state index contributed by atoms with van der Waals surface area (Å²) < 4.78 is 0. The highest BCUT2D eigenvalue weighted by Gasteiger charge is 2.05. The summed E-state index contributed by atoms with van der Waals surface area (Å²) in [5.74, 6) is 0.990. The lowest BCUT2D eigenvalue weighted by atomic mass is 9.92. The smallest absolute Gasteiger partial charge is 0.0417 e. The Morgan fingerprint density at radius 3 is 1.29 bits per heavy atom. The molecule has 0 rings (SSSR count). The first-order valence-electron chi connectivity index (χ1n) is 9.93. The average Bonchev–Trinajstić information content (AvgIpc) is 2.51. The Kier molecular flexibility index (Phi) is 18.1. The van der Waals surface area contributed by atoms with E-state index in [4.69, 9.17) is 0 Å². The van der Waals surface area contributed by atoms with E-state index in [-0.39, 0.29) is 0 Å². The zero-order valence-corrected chi connectivity index (χ0v) is 15.0. The van der Waals surface area contributed by atoms with E-state index in [1.807, 2.05) is 0 Å². The molecular weight excluding hydrogens is 252 g/mol. The van der Waals surface area contributed by atoms with Gasteiger partial charge in [-0.3, -0.25) is 0 Å². The van der Waals surface area contributed by atoms with Gasteiger partial charge in [0.1, 0.15) is 0 Å². The fourth-order valence-corrected chi connectivity index (χ4v) is 3.19. The first-order chi connectivity index (χ1) is 10.3. The lowest BCUT2D eigenvalue weighted by Gasteiger charge is -2.14. The molecule has 0 N–H and O–H groups in total. The summed E-state index contributed by atoms with van der Waals surface area (Å²) in [6.45, 7) is 10.2. The van der Waals surface area contributed by atoms with Crippen molar-refractivity contribution in [2.24, 2.45) is 5.92 Å². The molecule has 1 atom stereocenters. The van der Waals surface area contributed by atoms with Crippen LogP contribution in [0, 0.1) is 19.8 Å². The van der Waals surface area contributed by atoms with E-state index in [2.05, 4.69) is 20.8 Å². The standard InChI is InChI=1S/C21H42/c1-4-7-9-10-11-12-13-14-15-16-18-20-21(6-3)19-17-8-5-2/h21H,1-2,4-20H2,3H3. The summed E-state index contributed by atoms with van der Waals surface area (Å²) in [4.78, 5) is 0. The highest BCUT2D eigenvalue weighted by Crippen LogP contribution is 2.21. The topological polar surface area (TPSA) is 0 Å². The minimum absolute atomic E-state index is 0.990. The maximum atomic E-state index is 3.94. The van der Waals surface area contributed by atoms with E-state index in [9.17, 15) is 0 Å². The lowest BCUT2D eigenvalue weighted by Crippen LogP contribution is -1.99. The number of hydrogen-bond acceptors (Lipinski definition) is 0. The van der Waals surface area contributed by atoms with E-state index < -0.39 is 0 Å². The molecule has 0 aliphatic carbocycles. The quantitative estimate of drug-likeness (QED) is 0.239. The molecule has 0 heterocycles. The molecule has 2 radical (unpaired) electrons. The van der Waals surface area contributed by atoms with Crippen LogP contribution < -0.4 is 0 Å². The molecule has 0 aromatic rings. The molecule has 0 amide bonds. The van der Waals surface area contributed by atoms with Crippen LogP contribution >= 0.6 is 0 Å². The largest absolute Gasteiger partial charge is 0.0651 e. The summed E-state index contributed by atoms with van der Waals surface area (Å²) in [6, 6.07) is 0. The summed E-state index contributed by atoms with van der Waals surface area (Å²) in [6.07, 6.45) is 23.6. The Balaban J connectivity index is 3.19. The SMILES string of the molecule is [CH2]CCCCCCCCCCCCC(CC)CCCC[CH2]. The Labute approximate surface area is 136 Å². The van der Waals surface area contributed by atoms with Gasteiger partial charge in [-0.2, -0.15) is 0 Å². The van der Waals surface area contributed by atoms with Gasteiger partial charge < -0.3 is 0 Å². The van der Waals surface area contributed by atoms with Crippen molar-refractivity contribution in [3.8, 4) is 0 Å². The highest BCUT2D eigenvalue weighted by molar-refractivity contribution is 4.59. The van der Waals surface area contributed by atoms with E-state index in [1.54, 1.807) is 0 Å². The maximum absolute atomic E-state index is 3.94. The summed E-state index contributed by atoms with van der Waals surface area (Å²) in [5, 5.41) is 0. The fraction of sp³-hybridized carbons (Fsp3) is 0.905. The Bertz CT molecular complexity index is 173. The third-order valence-electron chi connectivity index (χ3n) is 4.80. The van der Waals surface area contributed by atoms with Gasteiger partial charge in [-0.15, -0.1) is 0 Å². The van der Waals surface area contributed by atoms with Gasteiger partial charge in [0.15, 0.2) is 0 Å². The van der Waals surface area contributed by atoms with Crippen molar-refractivity contribution in [3.05, 3.63) is 13.8 Å². The van der Waals surface area contributed by atoms with Gasteiger partial charge in [-0.1, -0.05) is 130 Å². The van der Waals surface area contributed by atoms with E-state index in [1.165, 1.54) is 96.3 Å². The molecule has 0 bridgehead atoms. The minimum atomic E-state index is 0.990. The van der Waals surface area contributed by atoms with E-state index in [0.29, 0.717) is 0 Å². The van der Waals surface area contributed by atoms with Crippen molar-refractivity contribution in [1.29, 1.82) is 0 Å². The van der Waals surface area contributed by atoms with Gasteiger partial charge in [-0.25, -0.2) is 0 Å². The maximum Gasteiger partial charge on any atom is -0.0417 e. The van der Waals surface area contributed by atoms with Crippen molar-refractivity contribution in [1.82, 2.24) is 0 Å². The lowest BCUT2D eigenvalue weighted by molar-refractivity contribution is 0.397. The van der Waals surface area contributed by atoms with Crippen LogP contribution in [0.4, 0.5) is 0 Å². The molecule has 0 aromatic heterocycles. The predicted molar refractivity (Wildman–Crippen MR) is 98.4 cm³/mol. The number of unbranched alkanes of at least 4 members (excludes halogenated alkanes) is 12. The molecule has 0 saturated heterocycles. The molecule has 0 spiro atoms.